The summed E-state index contributed by atoms with van der Waals surface area (Å²) in [5, 5.41) is 4.34. The number of allylic oxidation sites excluding steroid dienone is 1. The zero-order valence-electron chi connectivity index (χ0n) is 16.3. The van der Waals surface area contributed by atoms with Crippen LogP contribution >= 0.6 is 0 Å². The van der Waals surface area contributed by atoms with Crippen LogP contribution in [0.2, 0.25) is 0 Å². The first kappa shape index (κ1) is 19.6. The topological polar surface area (TPSA) is 63.1 Å². The molecule has 3 aromatic rings. The van der Waals surface area contributed by atoms with Gasteiger partial charge in [0.15, 0.2) is 0 Å². The number of aliphatic imine (C=N–C) groups is 1. The number of rotatable bonds is 4. The summed E-state index contributed by atoms with van der Waals surface area (Å²) < 4.78 is 17.7. The fraction of sp³-hybridized carbons (Fsp3) is 0.182. The van der Waals surface area contributed by atoms with E-state index in [1.807, 2.05) is 13.0 Å². The summed E-state index contributed by atoms with van der Waals surface area (Å²) in [6.07, 6.45) is 5.33. The molecule has 7 heteroatoms. The van der Waals surface area contributed by atoms with E-state index < -0.39 is 5.54 Å². The molecule has 0 saturated carbocycles. The van der Waals surface area contributed by atoms with Crippen LogP contribution in [0.3, 0.4) is 0 Å². The van der Waals surface area contributed by atoms with E-state index in [9.17, 15) is 4.39 Å². The van der Waals surface area contributed by atoms with Gasteiger partial charge in [-0.15, -0.1) is 0 Å². The van der Waals surface area contributed by atoms with E-state index in [1.165, 1.54) is 18.5 Å². The second-order valence-corrected chi connectivity index (χ2v) is 9.30. The van der Waals surface area contributed by atoms with Gasteiger partial charge >= 0.3 is 175 Å². The molecule has 3 heterocycles. The molecule has 5 nitrogen and oxygen atoms in total. The van der Waals surface area contributed by atoms with Gasteiger partial charge in [0.05, 0.1) is 0 Å². The number of anilines is 1. The Morgan fingerprint density at radius 2 is 1.83 bits per heavy atom. The van der Waals surface area contributed by atoms with Crippen molar-refractivity contribution in [3.05, 3.63) is 68.6 Å². The Bertz CT molecular complexity index is 1150. The second kappa shape index (κ2) is 7.98. The van der Waals surface area contributed by atoms with Crippen molar-refractivity contribution in [2.24, 2.45) is 4.99 Å². The van der Waals surface area contributed by atoms with Gasteiger partial charge in [0.1, 0.15) is 0 Å². The van der Waals surface area contributed by atoms with Crippen LogP contribution in [0.5, 0.6) is 0 Å². The molecule has 1 N–H and O–H groups in total. The van der Waals surface area contributed by atoms with Crippen LogP contribution in [-0.2, 0) is 0 Å². The van der Waals surface area contributed by atoms with Crippen LogP contribution in [0.4, 0.5) is 10.2 Å². The molecule has 0 unspecified atom stereocenters. The number of nitrogens with zero attached hydrogens (tertiary/aromatic N) is 4. The zero-order chi connectivity index (χ0) is 20.4. The van der Waals surface area contributed by atoms with E-state index >= 15 is 0 Å². The fourth-order valence-corrected chi connectivity index (χ4v) is 5.15. The van der Waals surface area contributed by atoms with Crippen molar-refractivity contribution in [2.45, 2.75) is 26.3 Å². The molecule has 1 aliphatic heterocycles. The first-order chi connectivity index (χ1) is 13.9. The van der Waals surface area contributed by atoms with Gasteiger partial charge in [-0.2, -0.15) is 0 Å². The SMILES string of the molecule is CC1=NC(C(C)(C)Nc2ncnc3ncc(-c4ccc(F)cc4)cc23)=C[I-]C=C1. The molecule has 2 aromatic heterocycles. The Kier molecular flexibility index (Phi) is 5.40. The van der Waals surface area contributed by atoms with E-state index in [2.05, 4.69) is 48.4 Å². The van der Waals surface area contributed by atoms with Crippen molar-refractivity contribution in [3.8, 4) is 11.1 Å². The molecular formula is C22H20FIN5-. The third kappa shape index (κ3) is 4.34. The Hall–Kier alpha value is -2.68. The van der Waals surface area contributed by atoms with Crippen molar-refractivity contribution in [1.29, 1.82) is 0 Å². The van der Waals surface area contributed by atoms with Gasteiger partial charge in [0, 0.05) is 0 Å². The average Bonchev–Trinajstić information content (AvgIpc) is 2.93. The van der Waals surface area contributed by atoms with E-state index in [0.29, 0.717) is 11.5 Å². The minimum absolute atomic E-state index is 0.169. The normalized spacial score (nSPS) is 14.6. The Morgan fingerprint density at radius 3 is 2.62 bits per heavy atom. The van der Waals surface area contributed by atoms with E-state index in [-0.39, 0.29) is 27.0 Å². The maximum absolute atomic E-state index is 13.3. The standard InChI is InChI=1S/C22H20FIN5/c1-14-8-9-24-11-19(28-14)22(2,3)29-21-18-10-16(12-25-20(18)26-13-27-21)15-4-6-17(23)7-5-15/h4-13H,1-3H3,(H,25,26,27,29)/q-1. The second-order valence-electron chi connectivity index (χ2n) is 7.24. The van der Waals surface area contributed by atoms with Crippen molar-refractivity contribution in [3.63, 3.8) is 0 Å². The average molecular weight is 500 g/mol. The van der Waals surface area contributed by atoms with E-state index in [4.69, 9.17) is 4.99 Å². The maximum atomic E-state index is 13.3. The molecule has 0 fully saturated rings. The molecule has 1 aliphatic rings. The summed E-state index contributed by atoms with van der Waals surface area (Å²) in [5.74, 6) is 0.431. The number of benzene rings is 1. The fourth-order valence-electron chi connectivity index (χ4n) is 2.96. The summed E-state index contributed by atoms with van der Waals surface area (Å²) in [6, 6.07) is 8.35. The summed E-state index contributed by atoms with van der Waals surface area (Å²) in [6.45, 7) is 6.19. The third-order valence-corrected chi connectivity index (χ3v) is 6.30. The quantitative estimate of drug-likeness (QED) is 0.557. The molecule has 4 rings (SSSR count). The summed E-state index contributed by atoms with van der Waals surface area (Å²) in [4.78, 5) is 18.0. The summed E-state index contributed by atoms with van der Waals surface area (Å²) in [7, 11) is 0. The molecule has 0 atom stereocenters. The van der Waals surface area contributed by atoms with Gasteiger partial charge in [-0.25, -0.2) is 4.39 Å². The van der Waals surface area contributed by atoms with Gasteiger partial charge in [-0.3, -0.25) is 0 Å². The minimum atomic E-state index is -0.417. The first-order valence-electron chi connectivity index (χ1n) is 9.12. The Labute approximate surface area is 179 Å². The molecule has 0 spiro atoms. The first-order valence-corrected chi connectivity index (χ1v) is 11.6. The monoisotopic (exact) mass is 500 g/mol. The molecule has 0 amide bonds. The van der Waals surface area contributed by atoms with Crippen molar-refractivity contribution in [2.75, 3.05) is 5.32 Å². The molecular weight excluding hydrogens is 480 g/mol. The number of aromatic nitrogens is 3. The molecule has 148 valence electrons. The van der Waals surface area contributed by atoms with Gasteiger partial charge in [0.2, 0.25) is 0 Å². The molecule has 0 bridgehead atoms. The predicted octanol–water partition coefficient (Wildman–Crippen LogP) is 1.94. The molecule has 0 aliphatic carbocycles. The molecule has 0 saturated heterocycles. The Morgan fingerprint density at radius 1 is 1.03 bits per heavy atom. The van der Waals surface area contributed by atoms with Gasteiger partial charge in [-0.1, -0.05) is 0 Å². The number of fused-ring (bicyclic) bond motifs is 1. The van der Waals surface area contributed by atoms with Gasteiger partial charge < -0.3 is 0 Å². The van der Waals surface area contributed by atoms with Crippen molar-refractivity contribution < 1.29 is 25.6 Å². The zero-order valence-corrected chi connectivity index (χ0v) is 18.5. The van der Waals surface area contributed by atoms with Crippen LogP contribution in [0.15, 0.2) is 67.8 Å². The number of halogens is 2. The van der Waals surface area contributed by atoms with Gasteiger partial charge in [-0.05, 0) is 0 Å². The molecule has 29 heavy (non-hydrogen) atoms. The van der Waals surface area contributed by atoms with Crippen LogP contribution in [0.1, 0.15) is 20.8 Å². The van der Waals surface area contributed by atoms with Crippen LogP contribution in [0.25, 0.3) is 22.2 Å². The van der Waals surface area contributed by atoms with E-state index in [0.717, 1.165) is 27.9 Å². The number of pyridine rings is 1. The number of hydrogen-bond acceptors (Lipinski definition) is 5. The number of hydrogen-bond donors (Lipinski definition) is 1. The molecule has 0 radical (unpaired) electrons. The molecule has 1 aromatic carbocycles. The van der Waals surface area contributed by atoms with E-state index in [1.54, 1.807) is 18.3 Å². The van der Waals surface area contributed by atoms with Crippen LogP contribution < -0.4 is 26.5 Å². The Balaban J connectivity index is 1.73. The predicted molar refractivity (Wildman–Crippen MR) is 111 cm³/mol. The van der Waals surface area contributed by atoms with Crippen molar-refractivity contribution >= 4 is 22.6 Å². The van der Waals surface area contributed by atoms with Gasteiger partial charge in [0.25, 0.3) is 0 Å². The third-order valence-electron chi connectivity index (χ3n) is 4.58. The summed E-state index contributed by atoms with van der Waals surface area (Å²) in [5.41, 5.74) is 3.95. The summed E-state index contributed by atoms with van der Waals surface area (Å²) >= 11 is -0.169. The number of nitrogens with one attached hydrogen (secondary N) is 1. The van der Waals surface area contributed by atoms with Crippen molar-refractivity contribution in [1.82, 2.24) is 15.0 Å². The van der Waals surface area contributed by atoms with Crippen LogP contribution in [-0.4, -0.2) is 26.2 Å². The van der Waals surface area contributed by atoms with Crippen LogP contribution in [0, 0.1) is 5.82 Å².